The van der Waals surface area contributed by atoms with Gasteiger partial charge in [0.1, 0.15) is 0 Å². The summed E-state index contributed by atoms with van der Waals surface area (Å²) in [5.41, 5.74) is 0.420. The summed E-state index contributed by atoms with van der Waals surface area (Å²) in [6.07, 6.45) is 6.93. The summed E-state index contributed by atoms with van der Waals surface area (Å²) in [4.78, 5) is 13.1. The van der Waals surface area contributed by atoms with Gasteiger partial charge in [0.2, 0.25) is 5.91 Å². The molecular formula is C14H28N2O. The first kappa shape index (κ1) is 14.5. The summed E-state index contributed by atoms with van der Waals surface area (Å²) in [7, 11) is 3.64. The summed E-state index contributed by atoms with van der Waals surface area (Å²) in [6, 6.07) is 0.630. The molecule has 1 N–H and O–H groups in total. The van der Waals surface area contributed by atoms with E-state index in [0.29, 0.717) is 17.9 Å². The van der Waals surface area contributed by atoms with E-state index in [1.54, 1.807) is 4.90 Å². The van der Waals surface area contributed by atoms with Crippen molar-refractivity contribution in [3.8, 4) is 0 Å². The number of amides is 1. The first-order chi connectivity index (χ1) is 7.93. The molecule has 0 heterocycles. The van der Waals surface area contributed by atoms with E-state index in [2.05, 4.69) is 19.2 Å². The van der Waals surface area contributed by atoms with E-state index in [0.717, 1.165) is 13.0 Å². The molecule has 100 valence electrons. The smallest absolute Gasteiger partial charge is 0.222 e. The average molecular weight is 240 g/mol. The van der Waals surface area contributed by atoms with Gasteiger partial charge in [-0.25, -0.2) is 0 Å². The van der Waals surface area contributed by atoms with Crippen molar-refractivity contribution in [3.63, 3.8) is 0 Å². The lowest BCUT2D eigenvalue weighted by Gasteiger charge is -2.39. The molecule has 0 saturated heterocycles. The van der Waals surface area contributed by atoms with Gasteiger partial charge in [0.25, 0.3) is 0 Å². The SMILES string of the molecule is CN(C)C(=O)CCCNC1CCCCC1(C)C. The van der Waals surface area contributed by atoms with E-state index in [1.165, 1.54) is 25.7 Å². The van der Waals surface area contributed by atoms with Gasteiger partial charge in [-0.05, 0) is 31.2 Å². The summed E-state index contributed by atoms with van der Waals surface area (Å²) in [5, 5.41) is 3.64. The van der Waals surface area contributed by atoms with Crippen molar-refractivity contribution >= 4 is 5.91 Å². The van der Waals surface area contributed by atoms with Crippen LogP contribution in [0.25, 0.3) is 0 Å². The van der Waals surface area contributed by atoms with Crippen molar-refractivity contribution in [2.75, 3.05) is 20.6 Å². The fourth-order valence-corrected chi connectivity index (χ4v) is 2.61. The zero-order chi connectivity index (χ0) is 12.9. The van der Waals surface area contributed by atoms with Crippen LogP contribution in [0.15, 0.2) is 0 Å². The fourth-order valence-electron chi connectivity index (χ4n) is 2.61. The highest BCUT2D eigenvalue weighted by Crippen LogP contribution is 2.35. The van der Waals surface area contributed by atoms with Gasteiger partial charge < -0.3 is 10.2 Å². The van der Waals surface area contributed by atoms with E-state index < -0.39 is 0 Å². The molecule has 3 heteroatoms. The Balaban J connectivity index is 2.19. The molecule has 0 bridgehead atoms. The number of rotatable bonds is 5. The maximum Gasteiger partial charge on any atom is 0.222 e. The molecule has 0 aromatic heterocycles. The zero-order valence-corrected chi connectivity index (χ0v) is 11.9. The number of hydrogen-bond donors (Lipinski definition) is 1. The van der Waals surface area contributed by atoms with Gasteiger partial charge in [-0.15, -0.1) is 0 Å². The van der Waals surface area contributed by atoms with Gasteiger partial charge in [-0.3, -0.25) is 4.79 Å². The topological polar surface area (TPSA) is 32.3 Å². The predicted molar refractivity (Wildman–Crippen MR) is 72.0 cm³/mol. The Hall–Kier alpha value is -0.570. The first-order valence-electron chi connectivity index (χ1n) is 6.87. The zero-order valence-electron chi connectivity index (χ0n) is 11.9. The Morgan fingerprint density at radius 2 is 2.06 bits per heavy atom. The van der Waals surface area contributed by atoms with Crippen LogP contribution in [0, 0.1) is 5.41 Å². The molecule has 1 atom stereocenters. The summed E-state index contributed by atoms with van der Waals surface area (Å²) in [6.45, 7) is 5.68. The fraction of sp³-hybridized carbons (Fsp3) is 0.929. The molecule has 1 unspecified atom stereocenters. The van der Waals surface area contributed by atoms with E-state index in [9.17, 15) is 4.79 Å². The lowest BCUT2D eigenvalue weighted by Crippen LogP contribution is -2.44. The third-order valence-electron chi connectivity index (χ3n) is 3.96. The van der Waals surface area contributed by atoms with Crippen molar-refractivity contribution in [2.24, 2.45) is 5.41 Å². The van der Waals surface area contributed by atoms with Crippen LogP contribution in [0.3, 0.4) is 0 Å². The average Bonchev–Trinajstić information content (AvgIpc) is 2.25. The minimum atomic E-state index is 0.231. The maximum atomic E-state index is 11.4. The van der Waals surface area contributed by atoms with Crippen LogP contribution in [-0.2, 0) is 4.79 Å². The number of nitrogens with zero attached hydrogens (tertiary/aromatic N) is 1. The van der Waals surface area contributed by atoms with Crippen LogP contribution in [0.1, 0.15) is 52.4 Å². The molecular weight excluding hydrogens is 212 g/mol. The Kier molecular flexibility index (Phi) is 5.44. The van der Waals surface area contributed by atoms with Crippen LogP contribution in [0.4, 0.5) is 0 Å². The highest BCUT2D eigenvalue weighted by atomic mass is 16.2. The van der Waals surface area contributed by atoms with Gasteiger partial charge in [0.05, 0.1) is 0 Å². The second-order valence-electron chi connectivity index (χ2n) is 6.13. The summed E-state index contributed by atoms with van der Waals surface area (Å²) in [5.74, 6) is 0.231. The number of nitrogens with one attached hydrogen (secondary N) is 1. The molecule has 1 saturated carbocycles. The van der Waals surface area contributed by atoms with Crippen molar-refractivity contribution in [3.05, 3.63) is 0 Å². The highest BCUT2D eigenvalue weighted by molar-refractivity contribution is 5.75. The Morgan fingerprint density at radius 1 is 1.35 bits per heavy atom. The van der Waals surface area contributed by atoms with Crippen LogP contribution >= 0.6 is 0 Å². The molecule has 0 radical (unpaired) electrons. The second kappa shape index (κ2) is 6.39. The van der Waals surface area contributed by atoms with Crippen LogP contribution < -0.4 is 5.32 Å². The Morgan fingerprint density at radius 3 is 2.65 bits per heavy atom. The minimum Gasteiger partial charge on any atom is -0.349 e. The molecule has 0 spiro atoms. The number of carbonyl (C=O) groups is 1. The van der Waals surface area contributed by atoms with Gasteiger partial charge in [0.15, 0.2) is 0 Å². The quantitative estimate of drug-likeness (QED) is 0.749. The predicted octanol–water partition coefficient (Wildman–Crippen LogP) is 2.41. The molecule has 1 aliphatic rings. The molecule has 0 aromatic carbocycles. The van der Waals surface area contributed by atoms with E-state index in [-0.39, 0.29) is 5.91 Å². The molecule has 17 heavy (non-hydrogen) atoms. The molecule has 1 amide bonds. The van der Waals surface area contributed by atoms with Crippen molar-refractivity contribution in [1.82, 2.24) is 10.2 Å². The van der Waals surface area contributed by atoms with Gasteiger partial charge in [0, 0.05) is 26.6 Å². The third kappa shape index (κ3) is 4.66. The molecule has 0 aromatic rings. The monoisotopic (exact) mass is 240 g/mol. The minimum absolute atomic E-state index is 0.231. The highest BCUT2D eigenvalue weighted by Gasteiger charge is 2.31. The van der Waals surface area contributed by atoms with Crippen molar-refractivity contribution < 1.29 is 4.79 Å². The van der Waals surface area contributed by atoms with Crippen molar-refractivity contribution in [1.29, 1.82) is 0 Å². The molecule has 3 nitrogen and oxygen atoms in total. The molecule has 1 fully saturated rings. The Labute approximate surface area is 106 Å². The van der Waals surface area contributed by atoms with Crippen LogP contribution in [0.5, 0.6) is 0 Å². The normalized spacial score (nSPS) is 23.4. The summed E-state index contributed by atoms with van der Waals surface area (Å²) < 4.78 is 0. The standard InChI is InChI=1S/C14H28N2O/c1-14(2)10-6-5-8-12(14)15-11-7-9-13(17)16(3)4/h12,15H,5-11H2,1-4H3. The summed E-state index contributed by atoms with van der Waals surface area (Å²) >= 11 is 0. The third-order valence-corrected chi connectivity index (χ3v) is 3.96. The van der Waals surface area contributed by atoms with Gasteiger partial charge in [-0.2, -0.15) is 0 Å². The largest absolute Gasteiger partial charge is 0.349 e. The van der Waals surface area contributed by atoms with E-state index in [1.807, 2.05) is 14.1 Å². The van der Waals surface area contributed by atoms with E-state index in [4.69, 9.17) is 0 Å². The Bertz CT molecular complexity index is 249. The molecule has 1 rings (SSSR count). The number of hydrogen-bond acceptors (Lipinski definition) is 2. The first-order valence-corrected chi connectivity index (χ1v) is 6.87. The van der Waals surface area contributed by atoms with Gasteiger partial charge in [-0.1, -0.05) is 26.7 Å². The van der Waals surface area contributed by atoms with Crippen molar-refractivity contribution in [2.45, 2.75) is 58.4 Å². The maximum absolute atomic E-state index is 11.4. The van der Waals surface area contributed by atoms with E-state index >= 15 is 0 Å². The molecule has 0 aliphatic heterocycles. The van der Waals surface area contributed by atoms with Crippen LogP contribution in [0.2, 0.25) is 0 Å². The lowest BCUT2D eigenvalue weighted by molar-refractivity contribution is -0.128. The number of carbonyl (C=O) groups excluding carboxylic acids is 1. The lowest BCUT2D eigenvalue weighted by atomic mass is 9.73. The van der Waals surface area contributed by atoms with Gasteiger partial charge >= 0.3 is 0 Å². The molecule has 1 aliphatic carbocycles. The second-order valence-corrected chi connectivity index (χ2v) is 6.13. The van der Waals surface area contributed by atoms with Crippen LogP contribution in [-0.4, -0.2) is 37.5 Å².